The molecule has 0 unspecified atom stereocenters. The van der Waals surface area contributed by atoms with Crippen LogP contribution in [0.3, 0.4) is 0 Å². The van der Waals surface area contributed by atoms with Crippen LogP contribution in [0, 0.1) is 0 Å². The lowest BCUT2D eigenvalue weighted by molar-refractivity contribution is 0.669. The van der Waals surface area contributed by atoms with E-state index in [4.69, 9.17) is 27.6 Å². The molecular formula is C51H32N4O. The minimum atomic E-state index is -0.524. The molecule has 56 heavy (non-hydrogen) atoms. The van der Waals surface area contributed by atoms with E-state index in [1.165, 1.54) is 4.57 Å². The van der Waals surface area contributed by atoms with Gasteiger partial charge in [-0.3, -0.25) is 0 Å². The monoisotopic (exact) mass is 724 g/mol. The largest absolute Gasteiger partial charge is 0.456 e. The van der Waals surface area contributed by atoms with E-state index >= 15 is 0 Å². The summed E-state index contributed by atoms with van der Waals surface area (Å²) in [4.78, 5) is 15.1. The highest BCUT2D eigenvalue weighted by Crippen LogP contribution is 2.41. The number of benzene rings is 8. The Hall–Kier alpha value is -7.63. The molecule has 8 aromatic carbocycles. The minimum Gasteiger partial charge on any atom is -0.456 e. The normalized spacial score (nSPS) is 13.6. The van der Waals surface area contributed by atoms with Gasteiger partial charge in [-0.05, 0) is 58.6 Å². The quantitative estimate of drug-likeness (QED) is 0.171. The van der Waals surface area contributed by atoms with Gasteiger partial charge in [0.25, 0.3) is 0 Å². The highest BCUT2D eigenvalue weighted by molar-refractivity contribution is 6.13. The van der Waals surface area contributed by atoms with Crippen molar-refractivity contribution in [1.82, 2.24) is 19.5 Å². The van der Waals surface area contributed by atoms with Gasteiger partial charge in [0.1, 0.15) is 11.2 Å². The van der Waals surface area contributed by atoms with Gasteiger partial charge >= 0.3 is 0 Å². The standard InChI is InChI=1S/C51H32N4O/c1-3-14-33(15-4-1)34-26-28-36(29-27-34)50-52-49(35-16-5-2-6-17-35)53-51(54-50)41-31-30-37(38-21-13-25-47-48(38)42-20-9-12-24-46(42)56-47)32-45(41)55-43-22-10-7-18-39(43)40-19-8-11-23-44(40)55/h1-32H/i7D,8D,10D,11D,18D,19D,22D,23D. The first-order valence-corrected chi connectivity index (χ1v) is 18.1. The maximum atomic E-state index is 9.36. The van der Waals surface area contributed by atoms with Gasteiger partial charge in [-0.1, -0.05) is 158 Å². The first kappa shape index (κ1) is 24.6. The van der Waals surface area contributed by atoms with Gasteiger partial charge in [0, 0.05) is 38.2 Å². The molecule has 0 amide bonds. The number of hydrogen-bond donors (Lipinski definition) is 0. The Morgan fingerprint density at radius 3 is 1.66 bits per heavy atom. The Balaban J connectivity index is 1.26. The van der Waals surface area contributed by atoms with Crippen LogP contribution in [0.2, 0.25) is 0 Å². The summed E-state index contributed by atoms with van der Waals surface area (Å²) in [6.45, 7) is 0. The van der Waals surface area contributed by atoms with Crippen molar-refractivity contribution in [3.63, 3.8) is 0 Å². The van der Waals surface area contributed by atoms with E-state index in [2.05, 4.69) is 0 Å². The van der Waals surface area contributed by atoms with E-state index < -0.39 is 48.3 Å². The lowest BCUT2D eigenvalue weighted by Crippen LogP contribution is -2.04. The first-order valence-electron chi connectivity index (χ1n) is 22.1. The molecule has 5 heteroatoms. The average Bonchev–Trinajstić information content (AvgIpc) is 3.91. The fourth-order valence-corrected chi connectivity index (χ4v) is 7.53. The average molecular weight is 725 g/mol. The van der Waals surface area contributed by atoms with Crippen LogP contribution >= 0.6 is 0 Å². The maximum Gasteiger partial charge on any atom is 0.166 e. The Kier molecular flexibility index (Phi) is 5.74. The molecule has 0 aliphatic carbocycles. The molecule has 0 fully saturated rings. The number of hydrogen-bond acceptors (Lipinski definition) is 4. The van der Waals surface area contributed by atoms with Crippen LogP contribution in [-0.2, 0) is 0 Å². The molecule has 0 bridgehead atoms. The number of furan rings is 1. The molecule has 0 N–H and O–H groups in total. The first-order chi connectivity index (χ1) is 31.1. The third-order valence-electron chi connectivity index (χ3n) is 10.1. The second-order valence-electron chi connectivity index (χ2n) is 13.4. The van der Waals surface area contributed by atoms with E-state index in [1.807, 2.05) is 146 Å². The van der Waals surface area contributed by atoms with Crippen molar-refractivity contribution in [1.29, 1.82) is 0 Å². The van der Waals surface area contributed by atoms with Crippen LogP contribution in [0.1, 0.15) is 11.0 Å². The molecular weight excluding hydrogens is 685 g/mol. The molecule has 262 valence electrons. The van der Waals surface area contributed by atoms with E-state index in [-0.39, 0.29) is 27.6 Å². The molecule has 3 heterocycles. The van der Waals surface area contributed by atoms with Crippen LogP contribution in [-0.4, -0.2) is 19.5 Å². The van der Waals surface area contributed by atoms with Crippen molar-refractivity contribution >= 4 is 43.7 Å². The molecule has 0 radical (unpaired) electrons. The van der Waals surface area contributed by atoms with Gasteiger partial charge in [-0.2, -0.15) is 0 Å². The van der Waals surface area contributed by atoms with Crippen molar-refractivity contribution in [2.24, 2.45) is 0 Å². The van der Waals surface area contributed by atoms with E-state index in [9.17, 15) is 2.74 Å². The summed E-state index contributed by atoms with van der Waals surface area (Å²) in [5.74, 6) is 0.976. The summed E-state index contributed by atoms with van der Waals surface area (Å²) in [5.41, 5.74) is 7.07. The smallest absolute Gasteiger partial charge is 0.166 e. The number of fused-ring (bicyclic) bond motifs is 6. The van der Waals surface area contributed by atoms with Gasteiger partial charge in [0.15, 0.2) is 17.5 Å². The number of para-hydroxylation sites is 3. The predicted molar refractivity (Wildman–Crippen MR) is 229 cm³/mol. The second-order valence-corrected chi connectivity index (χ2v) is 13.4. The van der Waals surface area contributed by atoms with E-state index in [0.717, 1.165) is 38.6 Å². The molecule has 0 saturated carbocycles. The zero-order chi connectivity index (χ0) is 44.0. The molecule has 11 aromatic rings. The van der Waals surface area contributed by atoms with Crippen molar-refractivity contribution < 1.29 is 15.4 Å². The maximum absolute atomic E-state index is 9.36. The number of rotatable bonds is 6. The lowest BCUT2D eigenvalue weighted by Gasteiger charge is -2.17. The third-order valence-corrected chi connectivity index (χ3v) is 10.1. The molecule has 5 nitrogen and oxygen atoms in total. The topological polar surface area (TPSA) is 56.7 Å². The highest BCUT2D eigenvalue weighted by atomic mass is 16.3. The number of nitrogens with zero attached hydrogens (tertiary/aromatic N) is 4. The molecule has 0 aliphatic heterocycles. The lowest BCUT2D eigenvalue weighted by atomic mass is 9.97. The van der Waals surface area contributed by atoms with Gasteiger partial charge in [0.2, 0.25) is 0 Å². The van der Waals surface area contributed by atoms with Crippen molar-refractivity contribution in [3.8, 4) is 62.1 Å². The van der Waals surface area contributed by atoms with Crippen LogP contribution in [0.5, 0.6) is 0 Å². The fraction of sp³-hybridized carbons (Fsp3) is 0. The molecule has 0 spiro atoms. The molecule has 0 saturated heterocycles. The zero-order valence-electron chi connectivity index (χ0n) is 37.6. The molecule has 0 atom stereocenters. The Bertz CT molecular complexity index is 3630. The van der Waals surface area contributed by atoms with E-state index in [0.29, 0.717) is 39.6 Å². The molecule has 11 rings (SSSR count). The summed E-state index contributed by atoms with van der Waals surface area (Å²) in [6, 6.07) is 42.8. The number of aromatic nitrogens is 4. The van der Waals surface area contributed by atoms with E-state index in [1.54, 1.807) is 0 Å². The van der Waals surface area contributed by atoms with Crippen LogP contribution < -0.4 is 0 Å². The van der Waals surface area contributed by atoms with Crippen LogP contribution in [0.4, 0.5) is 0 Å². The summed E-state index contributed by atoms with van der Waals surface area (Å²) < 4.78 is 79.8. The third kappa shape index (κ3) is 5.29. The summed E-state index contributed by atoms with van der Waals surface area (Å²) in [7, 11) is 0. The summed E-state index contributed by atoms with van der Waals surface area (Å²) in [6.07, 6.45) is 0. The van der Waals surface area contributed by atoms with Gasteiger partial charge in [-0.15, -0.1) is 0 Å². The van der Waals surface area contributed by atoms with Crippen molar-refractivity contribution in [2.75, 3.05) is 0 Å². The van der Waals surface area contributed by atoms with Crippen molar-refractivity contribution in [3.05, 3.63) is 194 Å². The summed E-state index contributed by atoms with van der Waals surface area (Å²) in [5, 5.41) is 1.68. The predicted octanol–water partition coefficient (Wildman–Crippen LogP) is 13.2. The SMILES string of the molecule is [2H]c1c([2H])c([2H])c2c(c1[2H])c1c([2H])c([2H])c([2H])c([2H])c1n2-c1cc(-c2cccc3oc4ccccc4c23)ccc1-c1nc(-c2ccccc2)nc(-c2ccc(-c3ccccc3)cc2)n1. The molecule has 0 aliphatic rings. The zero-order valence-corrected chi connectivity index (χ0v) is 29.6. The van der Waals surface area contributed by atoms with Gasteiger partial charge in [0.05, 0.1) is 27.7 Å². The Morgan fingerprint density at radius 1 is 0.411 bits per heavy atom. The molecule has 3 aromatic heterocycles. The van der Waals surface area contributed by atoms with Gasteiger partial charge < -0.3 is 8.98 Å². The second kappa shape index (κ2) is 13.0. The Morgan fingerprint density at radius 2 is 0.946 bits per heavy atom. The Labute approximate surface area is 334 Å². The fourth-order valence-electron chi connectivity index (χ4n) is 7.53. The van der Waals surface area contributed by atoms with Crippen LogP contribution in [0.25, 0.3) is 106 Å². The van der Waals surface area contributed by atoms with Crippen molar-refractivity contribution in [2.45, 2.75) is 0 Å². The summed E-state index contributed by atoms with van der Waals surface area (Å²) >= 11 is 0. The minimum absolute atomic E-state index is 0.0209. The van der Waals surface area contributed by atoms with Gasteiger partial charge in [-0.25, -0.2) is 15.0 Å². The van der Waals surface area contributed by atoms with Crippen LogP contribution in [0.15, 0.2) is 198 Å². The highest BCUT2D eigenvalue weighted by Gasteiger charge is 2.21.